The Morgan fingerprint density at radius 1 is 1.48 bits per heavy atom. The minimum absolute atomic E-state index is 0.0517. The second-order valence-electron chi connectivity index (χ2n) is 5.22. The Bertz CT molecular complexity index is 648. The van der Waals surface area contributed by atoms with Gasteiger partial charge in [0.15, 0.2) is 0 Å². The number of piperidine rings is 1. The highest BCUT2D eigenvalue weighted by Gasteiger charge is 2.27. The number of likely N-dealkylation sites (tertiary alicyclic amines) is 1. The van der Waals surface area contributed by atoms with Crippen molar-refractivity contribution in [3.63, 3.8) is 0 Å². The van der Waals surface area contributed by atoms with Crippen molar-refractivity contribution < 1.29 is 17.6 Å². The predicted octanol–water partition coefficient (Wildman–Crippen LogP) is 0.562. The molecule has 0 bridgehead atoms. The Labute approximate surface area is 123 Å². The summed E-state index contributed by atoms with van der Waals surface area (Å²) < 4.78 is 38.8. The summed E-state index contributed by atoms with van der Waals surface area (Å²) in [5.74, 6) is -1.12. The molecule has 3 N–H and O–H groups in total. The molecule has 0 radical (unpaired) electrons. The number of anilines is 1. The number of hydrogen-bond donors (Lipinski definition) is 2. The average Bonchev–Trinajstić information content (AvgIpc) is 2.36. The Balaban J connectivity index is 2.12. The van der Waals surface area contributed by atoms with Crippen molar-refractivity contribution in [3.05, 3.63) is 29.6 Å². The van der Waals surface area contributed by atoms with Crippen molar-refractivity contribution in [3.8, 4) is 0 Å². The van der Waals surface area contributed by atoms with Crippen molar-refractivity contribution in [1.29, 1.82) is 0 Å². The van der Waals surface area contributed by atoms with E-state index in [2.05, 4.69) is 4.72 Å². The van der Waals surface area contributed by atoms with E-state index in [0.717, 1.165) is 12.3 Å². The largest absolute Gasteiger partial charge is 0.399 e. The quantitative estimate of drug-likeness (QED) is 0.797. The number of carbonyl (C=O) groups is 1. The lowest BCUT2D eigenvalue weighted by Gasteiger charge is -2.32. The number of hydrogen-bond acceptors (Lipinski definition) is 4. The van der Waals surface area contributed by atoms with Crippen LogP contribution in [0.5, 0.6) is 0 Å². The zero-order chi connectivity index (χ0) is 15.6. The average molecular weight is 315 g/mol. The van der Waals surface area contributed by atoms with Crippen LogP contribution >= 0.6 is 0 Å². The van der Waals surface area contributed by atoms with Gasteiger partial charge >= 0.3 is 0 Å². The van der Waals surface area contributed by atoms with Crippen LogP contribution in [-0.4, -0.2) is 44.6 Å². The second kappa shape index (κ2) is 5.98. The van der Waals surface area contributed by atoms with Crippen LogP contribution in [0, 0.1) is 5.82 Å². The van der Waals surface area contributed by atoms with Crippen LogP contribution in [0.3, 0.4) is 0 Å². The molecule has 116 valence electrons. The fourth-order valence-corrected chi connectivity index (χ4v) is 3.23. The molecule has 2 rings (SSSR count). The van der Waals surface area contributed by atoms with Crippen molar-refractivity contribution >= 4 is 21.6 Å². The van der Waals surface area contributed by atoms with Gasteiger partial charge in [-0.25, -0.2) is 17.5 Å². The molecular weight excluding hydrogens is 297 g/mol. The van der Waals surface area contributed by atoms with E-state index >= 15 is 0 Å². The van der Waals surface area contributed by atoms with Crippen LogP contribution in [0.15, 0.2) is 18.2 Å². The summed E-state index contributed by atoms with van der Waals surface area (Å²) in [5.41, 5.74) is 5.65. The molecule has 1 amide bonds. The molecule has 0 spiro atoms. The number of rotatable bonds is 3. The maximum atomic E-state index is 13.8. The fourth-order valence-electron chi connectivity index (χ4n) is 2.44. The van der Waals surface area contributed by atoms with E-state index < -0.39 is 21.7 Å². The number of nitrogens with one attached hydrogen (secondary N) is 1. The second-order valence-corrected chi connectivity index (χ2v) is 7.00. The highest BCUT2D eigenvalue weighted by atomic mass is 32.2. The van der Waals surface area contributed by atoms with Gasteiger partial charge in [-0.2, -0.15) is 0 Å². The van der Waals surface area contributed by atoms with Gasteiger partial charge in [-0.05, 0) is 31.0 Å². The van der Waals surface area contributed by atoms with Gasteiger partial charge in [0.2, 0.25) is 10.0 Å². The van der Waals surface area contributed by atoms with Crippen molar-refractivity contribution in [1.82, 2.24) is 9.62 Å². The highest BCUT2D eigenvalue weighted by Crippen LogP contribution is 2.18. The number of amides is 1. The lowest BCUT2D eigenvalue weighted by atomic mass is 10.0. The number of halogens is 1. The highest BCUT2D eigenvalue weighted by molar-refractivity contribution is 7.88. The Morgan fingerprint density at radius 3 is 2.81 bits per heavy atom. The van der Waals surface area contributed by atoms with E-state index in [1.807, 2.05) is 0 Å². The summed E-state index contributed by atoms with van der Waals surface area (Å²) in [6.45, 7) is 0.709. The smallest absolute Gasteiger partial charge is 0.256 e. The lowest BCUT2D eigenvalue weighted by molar-refractivity contribution is 0.0698. The number of sulfonamides is 1. The van der Waals surface area contributed by atoms with Gasteiger partial charge in [-0.1, -0.05) is 0 Å². The third-order valence-corrected chi connectivity index (χ3v) is 4.07. The molecule has 1 aliphatic heterocycles. The first-order valence-electron chi connectivity index (χ1n) is 6.58. The molecule has 1 aromatic carbocycles. The third-order valence-electron chi connectivity index (χ3n) is 3.31. The Kier molecular flexibility index (Phi) is 4.48. The number of carbonyl (C=O) groups excluding carboxylic acids is 1. The monoisotopic (exact) mass is 315 g/mol. The zero-order valence-electron chi connectivity index (χ0n) is 11.7. The summed E-state index contributed by atoms with van der Waals surface area (Å²) in [6.07, 6.45) is 2.39. The van der Waals surface area contributed by atoms with Gasteiger partial charge in [0.05, 0.1) is 11.8 Å². The topological polar surface area (TPSA) is 92.5 Å². The van der Waals surface area contributed by atoms with Gasteiger partial charge in [0, 0.05) is 24.8 Å². The molecule has 1 fully saturated rings. The van der Waals surface area contributed by atoms with Crippen LogP contribution < -0.4 is 10.5 Å². The first kappa shape index (κ1) is 15.7. The molecule has 1 unspecified atom stereocenters. The third kappa shape index (κ3) is 4.15. The summed E-state index contributed by atoms with van der Waals surface area (Å²) >= 11 is 0. The summed E-state index contributed by atoms with van der Waals surface area (Å²) in [7, 11) is -3.33. The number of nitrogens with two attached hydrogens (primary N) is 1. The molecule has 21 heavy (non-hydrogen) atoms. The minimum Gasteiger partial charge on any atom is -0.399 e. The summed E-state index contributed by atoms with van der Waals surface area (Å²) in [6, 6.07) is 3.57. The van der Waals surface area contributed by atoms with Crippen molar-refractivity contribution in [2.75, 3.05) is 25.1 Å². The maximum Gasteiger partial charge on any atom is 0.256 e. The van der Waals surface area contributed by atoms with Crippen LogP contribution in [-0.2, 0) is 10.0 Å². The van der Waals surface area contributed by atoms with Gasteiger partial charge in [-0.15, -0.1) is 0 Å². The molecular formula is C13H18FN3O3S. The molecule has 0 aromatic heterocycles. The molecule has 6 nitrogen and oxygen atoms in total. The molecule has 8 heteroatoms. The molecule has 1 aromatic rings. The van der Waals surface area contributed by atoms with Gasteiger partial charge in [0.1, 0.15) is 5.82 Å². The van der Waals surface area contributed by atoms with E-state index in [9.17, 15) is 17.6 Å². The van der Waals surface area contributed by atoms with E-state index in [1.54, 1.807) is 0 Å². The summed E-state index contributed by atoms with van der Waals surface area (Å²) in [5, 5.41) is 0. The normalized spacial score (nSPS) is 19.5. The standard InChI is InChI=1S/C13H18FN3O3S/c1-21(19,20)16-10-3-2-6-17(8-10)13(18)11-5-4-9(15)7-12(11)14/h4-5,7,10,16H,2-3,6,8,15H2,1H3. The first-order chi connectivity index (χ1) is 9.76. The molecule has 1 saturated heterocycles. The number of benzene rings is 1. The maximum absolute atomic E-state index is 13.8. The molecule has 0 saturated carbocycles. The van der Waals surface area contributed by atoms with Gasteiger partial charge < -0.3 is 10.6 Å². The molecule has 1 heterocycles. The zero-order valence-corrected chi connectivity index (χ0v) is 12.5. The van der Waals surface area contributed by atoms with Gasteiger partial charge in [0.25, 0.3) is 5.91 Å². The molecule has 1 aliphatic rings. The Hall–Kier alpha value is -1.67. The van der Waals surface area contributed by atoms with E-state index in [4.69, 9.17) is 5.73 Å². The fraction of sp³-hybridized carbons (Fsp3) is 0.462. The predicted molar refractivity (Wildman–Crippen MR) is 77.7 cm³/mol. The molecule has 0 aliphatic carbocycles. The SMILES string of the molecule is CS(=O)(=O)NC1CCCN(C(=O)c2ccc(N)cc2F)C1. The van der Waals surface area contributed by atoms with Crippen molar-refractivity contribution in [2.24, 2.45) is 0 Å². The first-order valence-corrected chi connectivity index (χ1v) is 8.47. The van der Waals surface area contributed by atoms with Crippen LogP contribution in [0.2, 0.25) is 0 Å². The van der Waals surface area contributed by atoms with E-state index in [0.29, 0.717) is 19.4 Å². The van der Waals surface area contributed by atoms with Crippen molar-refractivity contribution in [2.45, 2.75) is 18.9 Å². The van der Waals surface area contributed by atoms with Crippen LogP contribution in [0.25, 0.3) is 0 Å². The minimum atomic E-state index is -3.33. The van der Waals surface area contributed by atoms with E-state index in [-0.39, 0.29) is 23.8 Å². The molecule has 1 atom stereocenters. The van der Waals surface area contributed by atoms with Gasteiger partial charge in [-0.3, -0.25) is 4.79 Å². The number of nitrogens with zero attached hydrogens (tertiary/aromatic N) is 1. The lowest BCUT2D eigenvalue weighted by Crippen LogP contribution is -2.49. The summed E-state index contributed by atoms with van der Waals surface area (Å²) in [4.78, 5) is 13.8. The van der Waals surface area contributed by atoms with Crippen LogP contribution in [0.1, 0.15) is 23.2 Å². The van der Waals surface area contributed by atoms with Crippen LogP contribution in [0.4, 0.5) is 10.1 Å². The Morgan fingerprint density at radius 2 is 2.19 bits per heavy atom. The van der Waals surface area contributed by atoms with E-state index in [1.165, 1.54) is 17.0 Å². The number of nitrogen functional groups attached to an aromatic ring is 1.